The number of nitrogens with zero attached hydrogens (tertiary/aromatic N) is 2. The second kappa shape index (κ2) is 6.36. The minimum absolute atomic E-state index is 0.422. The summed E-state index contributed by atoms with van der Waals surface area (Å²) >= 11 is 16.4. The fourth-order valence-electron chi connectivity index (χ4n) is 0.915. The number of nitrogens with one attached hydrogen (secondary N) is 1. The number of amidine groups is 1. The van der Waals surface area contributed by atoms with Gasteiger partial charge in [-0.15, -0.1) is 0 Å². The van der Waals surface area contributed by atoms with Crippen molar-refractivity contribution >= 4 is 61.7 Å². The van der Waals surface area contributed by atoms with Crippen molar-refractivity contribution in [1.29, 1.82) is 5.26 Å². The van der Waals surface area contributed by atoms with Crippen LogP contribution in [0, 0.1) is 11.5 Å². The van der Waals surface area contributed by atoms with Crippen molar-refractivity contribution in [2.24, 2.45) is 4.99 Å². The lowest BCUT2D eigenvalue weighted by molar-refractivity contribution is 1.28. The van der Waals surface area contributed by atoms with E-state index in [1.807, 2.05) is 0 Å². The molecule has 3 nitrogen and oxygen atoms in total. The zero-order chi connectivity index (χ0) is 12.1. The number of hydrogen-bond acceptors (Lipinski definition) is 3. The molecule has 0 unspecified atom stereocenters. The zero-order valence-corrected chi connectivity index (χ0v) is 12.0. The highest BCUT2D eigenvalue weighted by Crippen LogP contribution is 2.36. The Morgan fingerprint density at radius 1 is 1.56 bits per heavy atom. The molecular weight excluding hydrogens is 333 g/mol. The largest absolute Gasteiger partial charge is 0.271 e. The van der Waals surface area contributed by atoms with Crippen molar-refractivity contribution < 1.29 is 0 Å². The van der Waals surface area contributed by atoms with Gasteiger partial charge in [-0.05, 0) is 34.3 Å². The van der Waals surface area contributed by atoms with E-state index in [-0.39, 0.29) is 0 Å². The molecule has 0 saturated heterocycles. The Kier molecular flexibility index (Phi) is 5.42. The SMILES string of the molecule is CSC(=Nc1c(Cl)cc(Cl)cc1Br)NC#N. The molecule has 0 atom stereocenters. The average molecular weight is 339 g/mol. The van der Waals surface area contributed by atoms with Crippen LogP contribution in [0.25, 0.3) is 0 Å². The van der Waals surface area contributed by atoms with Gasteiger partial charge in [0.15, 0.2) is 11.4 Å². The van der Waals surface area contributed by atoms with E-state index in [1.165, 1.54) is 11.8 Å². The predicted octanol–water partition coefficient (Wildman–Crippen LogP) is 4.18. The van der Waals surface area contributed by atoms with Crippen molar-refractivity contribution in [3.8, 4) is 6.19 Å². The maximum Gasteiger partial charge on any atom is 0.183 e. The minimum Gasteiger partial charge on any atom is -0.271 e. The van der Waals surface area contributed by atoms with Crippen LogP contribution >= 0.6 is 50.9 Å². The summed E-state index contributed by atoms with van der Waals surface area (Å²) in [6.07, 6.45) is 3.61. The standard InChI is InChI=1S/C9H6BrCl2N3S/c1-16-9(14-4-13)15-8-6(10)2-5(11)3-7(8)12/h2-3H,1H3,(H,14,15). The third-order valence-electron chi connectivity index (χ3n) is 1.55. The molecule has 0 saturated carbocycles. The lowest BCUT2D eigenvalue weighted by Gasteiger charge is -2.05. The number of hydrogen-bond donors (Lipinski definition) is 1. The van der Waals surface area contributed by atoms with Crippen LogP contribution in [0.4, 0.5) is 5.69 Å². The Hall–Kier alpha value is -0.410. The lowest BCUT2D eigenvalue weighted by Crippen LogP contribution is -2.12. The van der Waals surface area contributed by atoms with Crippen molar-refractivity contribution in [2.45, 2.75) is 0 Å². The highest BCUT2D eigenvalue weighted by Gasteiger charge is 2.07. The van der Waals surface area contributed by atoms with Gasteiger partial charge >= 0.3 is 0 Å². The van der Waals surface area contributed by atoms with Gasteiger partial charge in [0.1, 0.15) is 0 Å². The first-order valence-corrected chi connectivity index (χ1v) is 6.78. The van der Waals surface area contributed by atoms with Crippen LogP contribution in [0.1, 0.15) is 0 Å². The molecule has 1 N–H and O–H groups in total. The second-order valence-corrected chi connectivity index (χ2v) is 5.07. The highest BCUT2D eigenvalue weighted by atomic mass is 79.9. The van der Waals surface area contributed by atoms with E-state index in [1.54, 1.807) is 24.6 Å². The molecule has 1 rings (SSSR count). The van der Waals surface area contributed by atoms with Gasteiger partial charge in [-0.2, -0.15) is 5.26 Å². The van der Waals surface area contributed by atoms with Gasteiger partial charge in [-0.25, -0.2) is 4.99 Å². The molecule has 0 amide bonds. The third kappa shape index (κ3) is 3.56. The molecule has 0 aromatic heterocycles. The van der Waals surface area contributed by atoms with Gasteiger partial charge in [0.05, 0.1) is 10.7 Å². The summed E-state index contributed by atoms with van der Waals surface area (Å²) in [6, 6.07) is 3.29. The quantitative estimate of drug-likeness (QED) is 0.361. The summed E-state index contributed by atoms with van der Waals surface area (Å²) in [5.74, 6) is 0. The van der Waals surface area contributed by atoms with Crippen LogP contribution in [0.5, 0.6) is 0 Å². The van der Waals surface area contributed by atoms with Gasteiger partial charge in [-0.3, -0.25) is 5.32 Å². The smallest absolute Gasteiger partial charge is 0.183 e. The Morgan fingerprint density at radius 2 is 2.25 bits per heavy atom. The van der Waals surface area contributed by atoms with Gasteiger partial charge in [-0.1, -0.05) is 35.0 Å². The van der Waals surface area contributed by atoms with Crippen molar-refractivity contribution in [2.75, 3.05) is 6.26 Å². The number of benzene rings is 1. The number of halogens is 3. The lowest BCUT2D eigenvalue weighted by atomic mass is 10.3. The Balaban J connectivity index is 3.19. The van der Waals surface area contributed by atoms with E-state index in [0.29, 0.717) is 25.4 Å². The fraction of sp³-hybridized carbons (Fsp3) is 0.111. The molecule has 1 aromatic rings. The van der Waals surface area contributed by atoms with Crippen molar-refractivity contribution in [1.82, 2.24) is 5.32 Å². The first-order valence-electron chi connectivity index (χ1n) is 4.00. The monoisotopic (exact) mass is 337 g/mol. The maximum absolute atomic E-state index is 8.51. The van der Waals surface area contributed by atoms with E-state index in [0.717, 1.165) is 0 Å². The van der Waals surface area contributed by atoms with E-state index in [4.69, 9.17) is 28.5 Å². The number of nitriles is 1. The van der Waals surface area contributed by atoms with Crippen LogP contribution in [0.3, 0.4) is 0 Å². The summed E-state index contributed by atoms with van der Waals surface area (Å²) in [7, 11) is 0. The molecule has 0 aliphatic heterocycles. The van der Waals surface area contributed by atoms with Crippen LogP contribution in [-0.2, 0) is 0 Å². The Morgan fingerprint density at radius 3 is 2.75 bits per heavy atom. The molecule has 0 spiro atoms. The van der Waals surface area contributed by atoms with Gasteiger partial charge in [0.25, 0.3) is 0 Å². The van der Waals surface area contributed by atoms with Gasteiger partial charge in [0, 0.05) is 9.50 Å². The molecule has 16 heavy (non-hydrogen) atoms. The predicted molar refractivity (Wildman–Crippen MR) is 73.5 cm³/mol. The minimum atomic E-state index is 0.422. The average Bonchev–Trinajstić information content (AvgIpc) is 2.21. The highest BCUT2D eigenvalue weighted by molar-refractivity contribution is 9.10. The van der Waals surface area contributed by atoms with Crippen LogP contribution < -0.4 is 5.32 Å². The third-order valence-corrected chi connectivity index (χ3v) is 3.24. The maximum atomic E-state index is 8.51. The van der Waals surface area contributed by atoms with Crippen molar-refractivity contribution in [3.63, 3.8) is 0 Å². The Labute approximate surface area is 116 Å². The summed E-state index contributed by atoms with van der Waals surface area (Å²) in [6.45, 7) is 0. The number of thioether (sulfide) groups is 1. The van der Waals surface area contributed by atoms with E-state index in [9.17, 15) is 0 Å². The molecule has 0 aliphatic rings. The fourth-order valence-corrected chi connectivity index (χ4v) is 2.58. The Bertz CT molecular complexity index is 447. The van der Waals surface area contributed by atoms with Gasteiger partial charge in [0.2, 0.25) is 0 Å². The second-order valence-electron chi connectivity index (χ2n) is 2.58. The summed E-state index contributed by atoms with van der Waals surface area (Å²) < 4.78 is 0.677. The molecule has 7 heteroatoms. The summed E-state index contributed by atoms with van der Waals surface area (Å²) in [4.78, 5) is 4.22. The summed E-state index contributed by atoms with van der Waals surface area (Å²) in [5, 5.41) is 12.4. The molecule has 0 fully saturated rings. The van der Waals surface area contributed by atoms with Gasteiger partial charge < -0.3 is 0 Å². The molecule has 84 valence electrons. The molecule has 0 bridgehead atoms. The topological polar surface area (TPSA) is 48.2 Å². The van der Waals surface area contributed by atoms with Crippen molar-refractivity contribution in [3.05, 3.63) is 26.7 Å². The summed E-state index contributed by atoms with van der Waals surface area (Å²) in [5.41, 5.74) is 0.540. The first-order chi connectivity index (χ1) is 7.58. The van der Waals surface area contributed by atoms with Crippen LogP contribution in [-0.4, -0.2) is 11.4 Å². The molecule has 0 heterocycles. The van der Waals surface area contributed by atoms with E-state index >= 15 is 0 Å². The molecule has 1 aromatic carbocycles. The van der Waals surface area contributed by atoms with Crippen LogP contribution in [0.2, 0.25) is 10.0 Å². The molecule has 0 radical (unpaired) electrons. The van der Waals surface area contributed by atoms with Crippen LogP contribution in [0.15, 0.2) is 21.6 Å². The normalized spacial score (nSPS) is 11.1. The zero-order valence-electron chi connectivity index (χ0n) is 8.09. The first kappa shape index (κ1) is 13.7. The molecular formula is C9H6BrCl2N3S. The van der Waals surface area contributed by atoms with E-state index < -0.39 is 0 Å². The van der Waals surface area contributed by atoms with E-state index in [2.05, 4.69) is 26.2 Å². The number of aliphatic imine (C=N–C) groups is 1. The number of rotatable bonds is 1. The molecule has 0 aliphatic carbocycles.